The highest BCUT2D eigenvalue weighted by molar-refractivity contribution is 7.92. The average molecular weight is 484 g/mol. The third kappa shape index (κ3) is 5.65. The maximum atomic E-state index is 13.5. The van der Waals surface area contributed by atoms with Crippen LogP contribution in [0.3, 0.4) is 0 Å². The van der Waals surface area contributed by atoms with Crippen LogP contribution in [0.5, 0.6) is 17.2 Å². The van der Waals surface area contributed by atoms with Crippen LogP contribution in [0, 0.1) is 0 Å². The molecule has 0 atom stereocenters. The lowest BCUT2D eigenvalue weighted by molar-refractivity contribution is -0.119. The maximum Gasteiger partial charge on any atom is 0.264 e. The molecule has 1 N–H and O–H groups in total. The van der Waals surface area contributed by atoms with Gasteiger partial charge in [0.05, 0.1) is 38.1 Å². The Morgan fingerprint density at radius 2 is 1.59 bits per heavy atom. The molecule has 0 heterocycles. The molecule has 9 nitrogen and oxygen atoms in total. The molecule has 3 aromatic carbocycles. The first-order valence-corrected chi connectivity index (χ1v) is 11.6. The van der Waals surface area contributed by atoms with Gasteiger partial charge >= 0.3 is 0 Å². The second-order valence-electron chi connectivity index (χ2n) is 6.90. The molecule has 0 aliphatic carbocycles. The molecule has 0 unspecified atom stereocenters. The van der Waals surface area contributed by atoms with Gasteiger partial charge in [-0.2, -0.15) is 5.10 Å². The minimum absolute atomic E-state index is 0.0187. The standard InChI is InChI=1S/C24H25N3O6S/c1-31-19-13-14-23(33-3)21(15-19)27(34(29,30)20-10-5-4-6-11-20)17-24(28)26-25-16-18-9-7-8-12-22(18)32-2/h4-16H,17H2,1-3H3,(H,26,28)/b25-16-. The van der Waals surface area contributed by atoms with Gasteiger partial charge in [0.2, 0.25) is 0 Å². The van der Waals surface area contributed by atoms with Crippen LogP contribution in [-0.4, -0.2) is 48.4 Å². The van der Waals surface area contributed by atoms with Crippen LogP contribution >= 0.6 is 0 Å². The predicted octanol–water partition coefficient (Wildman–Crippen LogP) is 3.06. The Balaban J connectivity index is 1.93. The Hall–Kier alpha value is -4.05. The number of benzene rings is 3. The van der Waals surface area contributed by atoms with E-state index in [0.29, 0.717) is 17.1 Å². The molecule has 0 spiro atoms. The number of hydrogen-bond acceptors (Lipinski definition) is 7. The van der Waals surface area contributed by atoms with Crippen LogP contribution in [0.25, 0.3) is 0 Å². The number of rotatable bonds is 10. The summed E-state index contributed by atoms with van der Waals surface area (Å²) in [7, 11) is 0.269. The van der Waals surface area contributed by atoms with Crippen LogP contribution in [0.2, 0.25) is 0 Å². The average Bonchev–Trinajstić information content (AvgIpc) is 2.87. The SMILES string of the molecule is COc1ccc(OC)c(N(CC(=O)N/N=C\c2ccccc2OC)S(=O)(=O)c2ccccc2)c1. The first-order valence-electron chi connectivity index (χ1n) is 10.2. The van der Waals surface area contributed by atoms with E-state index in [1.807, 2.05) is 6.07 Å². The maximum absolute atomic E-state index is 13.5. The van der Waals surface area contributed by atoms with Crippen molar-refractivity contribution in [1.29, 1.82) is 0 Å². The van der Waals surface area contributed by atoms with Crippen molar-refractivity contribution < 1.29 is 27.4 Å². The summed E-state index contributed by atoms with van der Waals surface area (Å²) in [4.78, 5) is 12.8. The summed E-state index contributed by atoms with van der Waals surface area (Å²) in [5, 5.41) is 3.95. The smallest absolute Gasteiger partial charge is 0.264 e. The summed E-state index contributed by atoms with van der Waals surface area (Å²) in [5.41, 5.74) is 3.16. The molecule has 0 saturated carbocycles. The quantitative estimate of drug-likeness (QED) is 0.351. The molecule has 0 aliphatic rings. The molecule has 34 heavy (non-hydrogen) atoms. The fraction of sp³-hybridized carbons (Fsp3) is 0.167. The van der Waals surface area contributed by atoms with Crippen molar-refractivity contribution in [2.75, 3.05) is 32.2 Å². The fourth-order valence-electron chi connectivity index (χ4n) is 3.12. The molecule has 0 saturated heterocycles. The van der Waals surface area contributed by atoms with Gasteiger partial charge in [-0.1, -0.05) is 30.3 Å². The number of ether oxygens (including phenoxy) is 3. The lowest BCUT2D eigenvalue weighted by atomic mass is 10.2. The number of anilines is 1. The molecule has 178 valence electrons. The van der Waals surface area contributed by atoms with Crippen molar-refractivity contribution in [3.63, 3.8) is 0 Å². The van der Waals surface area contributed by atoms with Crippen molar-refractivity contribution in [3.8, 4) is 17.2 Å². The molecule has 3 aromatic rings. The number of methoxy groups -OCH3 is 3. The van der Waals surface area contributed by atoms with Crippen LogP contribution in [-0.2, 0) is 14.8 Å². The van der Waals surface area contributed by atoms with E-state index >= 15 is 0 Å². The van der Waals surface area contributed by atoms with E-state index in [2.05, 4.69) is 10.5 Å². The molecular weight excluding hydrogens is 458 g/mol. The van der Waals surface area contributed by atoms with E-state index in [4.69, 9.17) is 14.2 Å². The fourth-order valence-corrected chi connectivity index (χ4v) is 4.57. The van der Waals surface area contributed by atoms with Crippen LogP contribution < -0.4 is 23.9 Å². The Labute approximate surface area is 198 Å². The van der Waals surface area contributed by atoms with Crippen LogP contribution in [0.4, 0.5) is 5.69 Å². The lowest BCUT2D eigenvalue weighted by Crippen LogP contribution is -2.39. The Morgan fingerprint density at radius 1 is 0.912 bits per heavy atom. The molecule has 0 bridgehead atoms. The summed E-state index contributed by atoms with van der Waals surface area (Å²) >= 11 is 0. The van der Waals surface area contributed by atoms with Gasteiger partial charge in [0.15, 0.2) is 0 Å². The molecular formula is C24H25N3O6S. The molecule has 0 fully saturated rings. The van der Waals surface area contributed by atoms with E-state index in [1.165, 1.54) is 45.7 Å². The van der Waals surface area contributed by atoms with E-state index in [-0.39, 0.29) is 16.3 Å². The Kier molecular flexibility index (Phi) is 8.10. The van der Waals surface area contributed by atoms with Crippen molar-refractivity contribution >= 4 is 27.8 Å². The largest absolute Gasteiger partial charge is 0.497 e. The van der Waals surface area contributed by atoms with E-state index in [0.717, 1.165) is 4.31 Å². The third-order valence-corrected chi connectivity index (χ3v) is 6.58. The number of carbonyl (C=O) groups excluding carboxylic acids is 1. The highest BCUT2D eigenvalue weighted by Gasteiger charge is 2.29. The van der Waals surface area contributed by atoms with E-state index in [1.54, 1.807) is 48.5 Å². The van der Waals surface area contributed by atoms with Crippen molar-refractivity contribution in [3.05, 3.63) is 78.4 Å². The first-order chi connectivity index (χ1) is 16.4. The Morgan fingerprint density at radius 3 is 2.26 bits per heavy atom. The summed E-state index contributed by atoms with van der Waals surface area (Å²) in [5.74, 6) is 0.578. The summed E-state index contributed by atoms with van der Waals surface area (Å²) in [6.45, 7) is -0.552. The van der Waals surface area contributed by atoms with Crippen molar-refractivity contribution in [2.24, 2.45) is 5.10 Å². The highest BCUT2D eigenvalue weighted by atomic mass is 32.2. The molecule has 0 radical (unpaired) electrons. The van der Waals surface area contributed by atoms with Gasteiger partial charge in [-0.25, -0.2) is 13.8 Å². The Bertz CT molecular complexity index is 1260. The van der Waals surface area contributed by atoms with Crippen molar-refractivity contribution in [2.45, 2.75) is 4.90 Å². The lowest BCUT2D eigenvalue weighted by Gasteiger charge is -2.25. The van der Waals surface area contributed by atoms with Gasteiger partial charge in [-0.3, -0.25) is 9.10 Å². The van der Waals surface area contributed by atoms with Crippen LogP contribution in [0.15, 0.2) is 82.8 Å². The normalized spacial score (nSPS) is 11.1. The molecule has 0 aliphatic heterocycles. The summed E-state index contributed by atoms with van der Waals surface area (Å²) in [6.07, 6.45) is 1.42. The molecule has 0 aromatic heterocycles. The van der Waals surface area contributed by atoms with Crippen LogP contribution in [0.1, 0.15) is 5.56 Å². The van der Waals surface area contributed by atoms with Gasteiger partial charge in [0.1, 0.15) is 23.8 Å². The molecule has 1 amide bonds. The van der Waals surface area contributed by atoms with Gasteiger partial charge in [-0.15, -0.1) is 0 Å². The van der Waals surface area contributed by atoms with Crippen molar-refractivity contribution in [1.82, 2.24) is 5.43 Å². The number of para-hydroxylation sites is 1. The number of carbonyl (C=O) groups is 1. The number of nitrogens with one attached hydrogen (secondary N) is 1. The van der Waals surface area contributed by atoms with Gasteiger partial charge in [0, 0.05) is 11.6 Å². The number of sulfonamides is 1. The van der Waals surface area contributed by atoms with Gasteiger partial charge < -0.3 is 14.2 Å². The zero-order valence-electron chi connectivity index (χ0n) is 19.0. The zero-order chi connectivity index (χ0) is 24.6. The van der Waals surface area contributed by atoms with Gasteiger partial charge in [-0.05, 0) is 36.4 Å². The van der Waals surface area contributed by atoms with E-state index in [9.17, 15) is 13.2 Å². The zero-order valence-corrected chi connectivity index (χ0v) is 19.8. The minimum Gasteiger partial charge on any atom is -0.497 e. The minimum atomic E-state index is -4.13. The molecule has 3 rings (SSSR count). The monoisotopic (exact) mass is 483 g/mol. The molecule has 10 heteroatoms. The topological polar surface area (TPSA) is 107 Å². The number of hydrazone groups is 1. The summed E-state index contributed by atoms with van der Waals surface area (Å²) in [6, 6.07) is 19.6. The summed E-state index contributed by atoms with van der Waals surface area (Å²) < 4.78 is 43.8. The third-order valence-electron chi connectivity index (χ3n) is 4.80. The number of hydrogen-bond donors (Lipinski definition) is 1. The van der Waals surface area contributed by atoms with Gasteiger partial charge in [0.25, 0.3) is 15.9 Å². The second-order valence-corrected chi connectivity index (χ2v) is 8.76. The second kappa shape index (κ2) is 11.2. The first kappa shape index (κ1) is 24.6. The van der Waals surface area contributed by atoms with E-state index < -0.39 is 22.5 Å². The predicted molar refractivity (Wildman–Crippen MR) is 129 cm³/mol. The highest BCUT2D eigenvalue weighted by Crippen LogP contribution is 2.35. The number of nitrogens with zero attached hydrogens (tertiary/aromatic N) is 2. The number of amides is 1.